The van der Waals surface area contributed by atoms with Crippen molar-refractivity contribution in [1.82, 2.24) is 9.97 Å². The molecule has 2 aromatic rings. The van der Waals surface area contributed by atoms with Crippen molar-refractivity contribution in [2.24, 2.45) is 0 Å². The van der Waals surface area contributed by atoms with Crippen molar-refractivity contribution in [3.63, 3.8) is 0 Å². The SMILES string of the molecule is CC(=O)OC[C@H]1O[C@@H]2[C@@H](Oc3nc(NC(=O)c4ccccn4)cc[n+]32)[C@@H]1OC(C)=O. The first-order chi connectivity index (χ1) is 14.4. The van der Waals surface area contributed by atoms with Crippen LogP contribution in [0, 0.1) is 0 Å². The fourth-order valence-corrected chi connectivity index (χ4v) is 3.29. The lowest BCUT2D eigenvalue weighted by Gasteiger charge is -2.19. The van der Waals surface area contributed by atoms with Gasteiger partial charge in [-0.05, 0) is 12.1 Å². The number of rotatable bonds is 5. The fourth-order valence-electron chi connectivity index (χ4n) is 3.29. The van der Waals surface area contributed by atoms with E-state index in [4.69, 9.17) is 18.9 Å². The van der Waals surface area contributed by atoms with E-state index in [1.807, 2.05) is 0 Å². The van der Waals surface area contributed by atoms with Gasteiger partial charge in [-0.2, -0.15) is 4.57 Å². The molecule has 0 unspecified atom stereocenters. The summed E-state index contributed by atoms with van der Waals surface area (Å²) in [4.78, 5) is 43.2. The molecule has 4 heterocycles. The Labute approximate surface area is 170 Å². The summed E-state index contributed by atoms with van der Waals surface area (Å²) in [5.41, 5.74) is 0.247. The molecule has 1 N–H and O–H groups in total. The lowest BCUT2D eigenvalue weighted by atomic mass is 10.1. The predicted octanol–water partition coefficient (Wildman–Crippen LogP) is 0.170. The number of carbonyl (C=O) groups is 3. The van der Waals surface area contributed by atoms with Crippen molar-refractivity contribution < 1.29 is 37.9 Å². The Morgan fingerprint density at radius 1 is 1.20 bits per heavy atom. The number of pyridine rings is 1. The monoisotopic (exact) mass is 415 g/mol. The van der Waals surface area contributed by atoms with Crippen molar-refractivity contribution >= 4 is 23.7 Å². The molecular formula is C19H19N4O7+. The minimum Gasteiger partial charge on any atom is -0.463 e. The van der Waals surface area contributed by atoms with E-state index in [2.05, 4.69) is 15.3 Å². The molecule has 4 atom stereocenters. The number of nitrogens with one attached hydrogen (secondary N) is 1. The average Bonchev–Trinajstić information content (AvgIpc) is 3.22. The number of ether oxygens (including phenoxy) is 4. The Bertz CT molecular complexity index is 984. The van der Waals surface area contributed by atoms with Crippen molar-refractivity contribution in [2.45, 2.75) is 38.4 Å². The molecule has 1 fully saturated rings. The Morgan fingerprint density at radius 3 is 2.73 bits per heavy atom. The maximum atomic E-state index is 12.3. The van der Waals surface area contributed by atoms with Crippen LogP contribution in [0.3, 0.4) is 0 Å². The van der Waals surface area contributed by atoms with Gasteiger partial charge < -0.3 is 18.9 Å². The lowest BCUT2D eigenvalue weighted by Crippen LogP contribution is -2.41. The summed E-state index contributed by atoms with van der Waals surface area (Å²) >= 11 is 0. The molecule has 4 rings (SSSR count). The first-order valence-corrected chi connectivity index (χ1v) is 9.19. The number of hydrogen-bond donors (Lipinski definition) is 1. The molecule has 2 aromatic heterocycles. The van der Waals surface area contributed by atoms with Gasteiger partial charge in [0.25, 0.3) is 11.7 Å². The zero-order valence-corrected chi connectivity index (χ0v) is 16.2. The Balaban J connectivity index is 1.51. The normalized spacial score (nSPS) is 23.7. The van der Waals surface area contributed by atoms with Crippen molar-refractivity contribution in [3.05, 3.63) is 42.4 Å². The van der Waals surface area contributed by atoms with Crippen LogP contribution in [-0.2, 0) is 23.8 Å². The maximum absolute atomic E-state index is 12.3. The number of fused-ring (bicyclic) bond motifs is 3. The van der Waals surface area contributed by atoms with Crippen LogP contribution < -0.4 is 14.6 Å². The predicted molar refractivity (Wildman–Crippen MR) is 97.1 cm³/mol. The Kier molecular flexibility index (Phi) is 5.27. The topological polar surface area (TPSA) is 130 Å². The summed E-state index contributed by atoms with van der Waals surface area (Å²) in [5, 5.41) is 2.65. The highest BCUT2D eigenvalue weighted by atomic mass is 16.7. The molecule has 0 spiro atoms. The minimum absolute atomic E-state index is 0.0782. The highest BCUT2D eigenvalue weighted by molar-refractivity contribution is 6.02. The molecule has 0 bridgehead atoms. The third-order valence-corrected chi connectivity index (χ3v) is 4.52. The number of carbonyl (C=O) groups excluding carboxylic acids is 3. The molecule has 11 heteroatoms. The molecule has 30 heavy (non-hydrogen) atoms. The van der Waals surface area contributed by atoms with Gasteiger partial charge in [0.1, 0.15) is 24.6 Å². The largest absolute Gasteiger partial charge is 0.503 e. The van der Waals surface area contributed by atoms with E-state index in [-0.39, 0.29) is 24.1 Å². The van der Waals surface area contributed by atoms with Crippen molar-refractivity contribution in [3.8, 4) is 6.01 Å². The van der Waals surface area contributed by atoms with Gasteiger partial charge in [0, 0.05) is 31.1 Å². The molecule has 156 valence electrons. The van der Waals surface area contributed by atoms with E-state index in [0.717, 1.165) is 0 Å². The average molecular weight is 415 g/mol. The summed E-state index contributed by atoms with van der Waals surface area (Å²) in [7, 11) is 0. The van der Waals surface area contributed by atoms with Crippen LogP contribution in [-0.4, -0.2) is 52.7 Å². The Morgan fingerprint density at radius 2 is 2.03 bits per heavy atom. The maximum Gasteiger partial charge on any atom is 0.503 e. The molecule has 2 aliphatic heterocycles. The first-order valence-electron chi connectivity index (χ1n) is 9.19. The van der Waals surface area contributed by atoms with E-state index in [0.29, 0.717) is 0 Å². The fraction of sp³-hybridized carbons (Fsp3) is 0.368. The lowest BCUT2D eigenvalue weighted by molar-refractivity contribution is -0.746. The summed E-state index contributed by atoms with van der Waals surface area (Å²) in [5.74, 6) is -1.14. The molecule has 0 radical (unpaired) electrons. The van der Waals surface area contributed by atoms with E-state index < -0.39 is 42.4 Å². The molecule has 0 saturated carbocycles. The van der Waals surface area contributed by atoms with Gasteiger partial charge in [-0.1, -0.05) is 6.07 Å². The standard InChI is InChI=1S/C19H18N4O7/c1-10(24)27-9-13-15(28-11(2)25)16-18(29-13)23-8-6-14(22-19(23)30-16)21-17(26)12-5-3-4-7-20-12/h3-8,13,15-16,18H,9H2,1-2H3/p+1/t13-,15-,16+,18-/m1/s1. The number of hydrogen-bond acceptors (Lipinski definition) is 9. The second kappa shape index (κ2) is 8.03. The van der Waals surface area contributed by atoms with Crippen LogP contribution in [0.15, 0.2) is 36.7 Å². The molecule has 0 aliphatic carbocycles. The third-order valence-electron chi connectivity index (χ3n) is 4.52. The van der Waals surface area contributed by atoms with Crippen molar-refractivity contribution in [2.75, 3.05) is 11.9 Å². The molecule has 2 aliphatic rings. The van der Waals surface area contributed by atoms with E-state index in [9.17, 15) is 14.4 Å². The highest BCUT2D eigenvalue weighted by Gasteiger charge is 2.58. The quantitative estimate of drug-likeness (QED) is 0.536. The van der Waals surface area contributed by atoms with Crippen LogP contribution in [0.25, 0.3) is 0 Å². The van der Waals surface area contributed by atoms with Crippen LogP contribution in [0.4, 0.5) is 5.82 Å². The number of esters is 2. The van der Waals surface area contributed by atoms with Crippen LogP contribution in [0.2, 0.25) is 0 Å². The second-order valence-corrected chi connectivity index (χ2v) is 6.70. The first kappa shape index (κ1) is 19.7. The minimum atomic E-state index is -0.792. The highest BCUT2D eigenvalue weighted by Crippen LogP contribution is 2.36. The molecule has 0 aromatic carbocycles. The van der Waals surface area contributed by atoms with Gasteiger partial charge in [-0.3, -0.25) is 24.7 Å². The Hall–Kier alpha value is -3.60. The van der Waals surface area contributed by atoms with Gasteiger partial charge in [0.2, 0.25) is 12.3 Å². The molecular weight excluding hydrogens is 396 g/mol. The van der Waals surface area contributed by atoms with Crippen LogP contribution in [0.5, 0.6) is 6.01 Å². The number of amides is 1. The smallest absolute Gasteiger partial charge is 0.463 e. The van der Waals surface area contributed by atoms with Gasteiger partial charge in [-0.25, -0.2) is 0 Å². The summed E-state index contributed by atoms with van der Waals surface area (Å²) in [6, 6.07) is 6.77. The zero-order chi connectivity index (χ0) is 21.3. The van der Waals surface area contributed by atoms with Crippen LogP contribution in [0.1, 0.15) is 30.6 Å². The molecule has 1 saturated heterocycles. The van der Waals surface area contributed by atoms with Gasteiger partial charge in [-0.15, -0.1) is 0 Å². The summed E-state index contributed by atoms with van der Waals surface area (Å²) < 4.78 is 23.7. The van der Waals surface area contributed by atoms with E-state index in [1.165, 1.54) is 20.0 Å². The zero-order valence-electron chi connectivity index (χ0n) is 16.2. The number of aromatic nitrogens is 3. The van der Waals surface area contributed by atoms with Gasteiger partial charge in [0.15, 0.2) is 6.10 Å². The van der Waals surface area contributed by atoms with Crippen molar-refractivity contribution in [1.29, 1.82) is 0 Å². The molecule has 1 amide bonds. The summed E-state index contributed by atoms with van der Waals surface area (Å²) in [6.07, 6.45) is 0.378. The molecule has 11 nitrogen and oxygen atoms in total. The third kappa shape index (κ3) is 3.92. The second-order valence-electron chi connectivity index (χ2n) is 6.70. The van der Waals surface area contributed by atoms with E-state index in [1.54, 1.807) is 35.0 Å². The summed E-state index contributed by atoms with van der Waals surface area (Å²) in [6.45, 7) is 2.47. The van der Waals surface area contributed by atoms with Gasteiger partial charge >= 0.3 is 17.9 Å². The number of nitrogens with zero attached hydrogens (tertiary/aromatic N) is 3. The van der Waals surface area contributed by atoms with Gasteiger partial charge in [0.05, 0.1) is 0 Å². The van der Waals surface area contributed by atoms with Crippen LogP contribution >= 0.6 is 0 Å². The number of anilines is 1. The van der Waals surface area contributed by atoms with E-state index >= 15 is 0 Å².